The number of hydroxylamine groups is 1. The molecule has 1 saturated heterocycles. The molecule has 7 nitrogen and oxygen atoms in total. The Morgan fingerprint density at radius 1 is 1.10 bits per heavy atom. The number of nitrogens with zero attached hydrogens (tertiary/aromatic N) is 1. The Labute approximate surface area is 178 Å². The van der Waals surface area contributed by atoms with Crippen molar-refractivity contribution in [3.05, 3.63) is 77.5 Å². The fourth-order valence-electron chi connectivity index (χ4n) is 3.61. The van der Waals surface area contributed by atoms with Crippen LogP contribution in [0.25, 0.3) is 0 Å². The van der Waals surface area contributed by atoms with Gasteiger partial charge in [-0.15, -0.1) is 0 Å². The number of halogens is 2. The molecular weight excluding hydrogens is 428 g/mol. The van der Waals surface area contributed by atoms with Crippen LogP contribution in [0.3, 0.4) is 0 Å². The number of hydrogen-bond acceptors (Lipinski definition) is 5. The molecule has 2 N–H and O–H groups in total. The molecule has 164 valence electrons. The van der Waals surface area contributed by atoms with E-state index in [-0.39, 0.29) is 30.2 Å². The molecule has 2 aromatic carbocycles. The Bertz CT molecular complexity index is 1110. The average Bonchev–Trinajstić information content (AvgIpc) is 3.17. The van der Waals surface area contributed by atoms with Gasteiger partial charge < -0.3 is 5.32 Å². The molecule has 4 rings (SSSR count). The quantitative estimate of drug-likeness (QED) is 0.731. The molecule has 31 heavy (non-hydrogen) atoms. The van der Waals surface area contributed by atoms with Crippen LogP contribution in [-0.2, 0) is 26.2 Å². The molecule has 2 heterocycles. The lowest BCUT2D eigenvalue weighted by molar-refractivity contribution is -0.120. The summed E-state index contributed by atoms with van der Waals surface area (Å²) in [5, 5.41) is 2.64. The summed E-state index contributed by atoms with van der Waals surface area (Å²) in [6.07, 6.45) is 2.32. The third kappa shape index (κ3) is 4.46. The number of hydrogen-bond donors (Lipinski definition) is 2. The van der Waals surface area contributed by atoms with Crippen molar-refractivity contribution in [3.63, 3.8) is 0 Å². The van der Waals surface area contributed by atoms with Crippen molar-refractivity contribution in [1.82, 2.24) is 15.1 Å². The number of carbonyl (C=O) groups is 1. The Morgan fingerprint density at radius 3 is 2.45 bits per heavy atom. The van der Waals surface area contributed by atoms with E-state index in [0.29, 0.717) is 18.4 Å². The number of piperidine rings is 1. The third-order valence-corrected chi connectivity index (χ3v) is 7.35. The van der Waals surface area contributed by atoms with Crippen molar-refractivity contribution in [2.75, 3.05) is 13.1 Å². The minimum absolute atomic E-state index is 0.0269. The van der Waals surface area contributed by atoms with Gasteiger partial charge in [0.1, 0.15) is 22.9 Å². The van der Waals surface area contributed by atoms with E-state index in [1.54, 1.807) is 24.3 Å². The van der Waals surface area contributed by atoms with Gasteiger partial charge >= 0.3 is 0 Å². The molecule has 0 unspecified atom stereocenters. The molecule has 0 aliphatic carbocycles. The van der Waals surface area contributed by atoms with Gasteiger partial charge in [-0.05, 0) is 49.2 Å². The van der Waals surface area contributed by atoms with Crippen molar-refractivity contribution in [2.45, 2.75) is 29.9 Å². The first-order valence-corrected chi connectivity index (χ1v) is 11.2. The van der Waals surface area contributed by atoms with Gasteiger partial charge in [0, 0.05) is 25.2 Å². The zero-order chi connectivity index (χ0) is 22.1. The average molecular weight is 449 g/mol. The third-order valence-electron chi connectivity index (χ3n) is 5.43. The fourth-order valence-corrected chi connectivity index (χ4v) is 5.05. The van der Waals surface area contributed by atoms with Crippen LogP contribution in [0.1, 0.15) is 18.4 Å². The van der Waals surface area contributed by atoms with E-state index in [0.717, 1.165) is 12.1 Å². The Hall–Kier alpha value is -2.82. The first kappa shape index (κ1) is 21.4. The van der Waals surface area contributed by atoms with Crippen LogP contribution in [0.5, 0.6) is 0 Å². The van der Waals surface area contributed by atoms with Crippen molar-refractivity contribution in [2.24, 2.45) is 0 Å². The first-order valence-electron chi connectivity index (χ1n) is 9.73. The highest BCUT2D eigenvalue weighted by Crippen LogP contribution is 2.34. The molecular formula is C21H21F2N3O4S. The van der Waals surface area contributed by atoms with Gasteiger partial charge in [-0.3, -0.25) is 15.1 Å². The van der Waals surface area contributed by atoms with Crippen LogP contribution in [0.15, 0.2) is 65.2 Å². The summed E-state index contributed by atoms with van der Waals surface area (Å²) in [5.41, 5.74) is 2.36. The van der Waals surface area contributed by atoms with E-state index in [1.807, 2.05) is 0 Å². The van der Waals surface area contributed by atoms with E-state index < -0.39 is 33.2 Å². The molecule has 1 amide bonds. The lowest BCUT2D eigenvalue weighted by Crippen LogP contribution is -2.46. The smallest absolute Gasteiger partial charge is 0.269 e. The van der Waals surface area contributed by atoms with Crippen LogP contribution in [-0.4, -0.2) is 37.3 Å². The van der Waals surface area contributed by atoms with Gasteiger partial charge in [-0.2, -0.15) is 4.31 Å². The van der Waals surface area contributed by atoms with Crippen LogP contribution in [0, 0.1) is 11.6 Å². The standard InChI is InChI=1S/C21H21F2N3O4S/c22-16-5-7-17(8-6-16)31(28,29)26-11-9-21(10-12-26)13-19(25-30-21)20(27)24-14-15-3-1-2-4-18(15)23/h1-8,13,25H,9-12,14H2,(H,24,27). The van der Waals surface area contributed by atoms with Crippen molar-refractivity contribution >= 4 is 15.9 Å². The number of amides is 1. The lowest BCUT2D eigenvalue weighted by atomic mass is 9.92. The first-order chi connectivity index (χ1) is 14.8. The van der Waals surface area contributed by atoms with Gasteiger partial charge in [-0.1, -0.05) is 18.2 Å². The Balaban J connectivity index is 1.38. The molecule has 0 bridgehead atoms. The number of rotatable bonds is 5. The minimum atomic E-state index is -3.74. The highest BCUT2D eigenvalue weighted by molar-refractivity contribution is 7.89. The summed E-state index contributed by atoms with van der Waals surface area (Å²) in [5.74, 6) is -1.35. The van der Waals surface area contributed by atoms with Gasteiger partial charge in [0.2, 0.25) is 10.0 Å². The monoisotopic (exact) mass is 449 g/mol. The number of nitrogens with one attached hydrogen (secondary N) is 2. The van der Waals surface area contributed by atoms with Crippen LogP contribution in [0.4, 0.5) is 8.78 Å². The zero-order valence-corrected chi connectivity index (χ0v) is 17.3. The molecule has 0 saturated carbocycles. The molecule has 2 aliphatic rings. The minimum Gasteiger partial charge on any atom is -0.347 e. The maximum atomic E-state index is 13.7. The van der Waals surface area contributed by atoms with Gasteiger partial charge in [0.15, 0.2) is 0 Å². The topological polar surface area (TPSA) is 87.7 Å². The number of benzene rings is 2. The van der Waals surface area contributed by atoms with E-state index in [2.05, 4.69) is 10.8 Å². The molecule has 0 radical (unpaired) electrons. The summed E-state index contributed by atoms with van der Waals surface area (Å²) in [6.45, 7) is 0.394. The van der Waals surface area contributed by atoms with Crippen LogP contribution >= 0.6 is 0 Å². The zero-order valence-electron chi connectivity index (χ0n) is 16.5. The largest absolute Gasteiger partial charge is 0.347 e. The molecule has 2 aromatic rings. The maximum Gasteiger partial charge on any atom is 0.269 e. The number of sulfonamides is 1. The van der Waals surface area contributed by atoms with E-state index >= 15 is 0 Å². The molecule has 2 aliphatic heterocycles. The predicted octanol–water partition coefficient (Wildman–Crippen LogP) is 2.22. The molecule has 1 spiro atoms. The van der Waals surface area contributed by atoms with Crippen LogP contribution < -0.4 is 10.8 Å². The molecule has 0 atom stereocenters. The predicted molar refractivity (Wildman–Crippen MR) is 108 cm³/mol. The lowest BCUT2D eigenvalue weighted by Gasteiger charge is -2.35. The second-order valence-corrected chi connectivity index (χ2v) is 9.40. The summed E-state index contributed by atoms with van der Waals surface area (Å²) < 4.78 is 53.6. The van der Waals surface area contributed by atoms with Gasteiger partial charge in [-0.25, -0.2) is 17.2 Å². The number of carbonyl (C=O) groups excluding carboxylic acids is 1. The van der Waals surface area contributed by atoms with Gasteiger partial charge in [0.05, 0.1) is 4.90 Å². The fraction of sp³-hybridized carbons (Fsp3) is 0.286. The second kappa shape index (κ2) is 8.37. The van der Waals surface area contributed by atoms with E-state index in [4.69, 9.17) is 4.84 Å². The SMILES string of the molecule is O=C(NCc1ccccc1F)C1=CC2(CCN(S(=O)(=O)c3ccc(F)cc3)CC2)ON1. The van der Waals surface area contributed by atoms with E-state index in [1.165, 1.54) is 22.5 Å². The van der Waals surface area contributed by atoms with Crippen molar-refractivity contribution in [1.29, 1.82) is 0 Å². The van der Waals surface area contributed by atoms with Gasteiger partial charge in [0.25, 0.3) is 5.91 Å². The highest BCUT2D eigenvalue weighted by atomic mass is 32.2. The summed E-state index contributed by atoms with van der Waals surface area (Å²) in [6, 6.07) is 10.9. The van der Waals surface area contributed by atoms with E-state index in [9.17, 15) is 22.0 Å². The summed E-state index contributed by atoms with van der Waals surface area (Å²) >= 11 is 0. The summed E-state index contributed by atoms with van der Waals surface area (Å²) in [7, 11) is -3.74. The highest BCUT2D eigenvalue weighted by Gasteiger charge is 2.42. The maximum absolute atomic E-state index is 13.7. The second-order valence-electron chi connectivity index (χ2n) is 7.46. The van der Waals surface area contributed by atoms with Crippen molar-refractivity contribution < 1.29 is 26.8 Å². The molecule has 10 heteroatoms. The van der Waals surface area contributed by atoms with Crippen molar-refractivity contribution in [3.8, 4) is 0 Å². The molecule has 1 fully saturated rings. The normalized spacial score (nSPS) is 18.5. The molecule has 0 aromatic heterocycles. The Kier molecular flexibility index (Phi) is 5.78. The summed E-state index contributed by atoms with van der Waals surface area (Å²) in [4.78, 5) is 18.1. The van der Waals surface area contributed by atoms with Crippen LogP contribution in [0.2, 0.25) is 0 Å². The Morgan fingerprint density at radius 2 is 1.77 bits per heavy atom.